The Morgan fingerprint density at radius 3 is 2.96 bits per heavy atom. The molecule has 0 radical (unpaired) electrons. The van der Waals surface area contributed by atoms with Crippen molar-refractivity contribution in [3.05, 3.63) is 52.7 Å². The molecule has 2 N–H and O–H groups in total. The highest BCUT2D eigenvalue weighted by Gasteiger charge is 2.20. The van der Waals surface area contributed by atoms with Gasteiger partial charge in [0.25, 0.3) is 5.91 Å². The molecule has 126 valence electrons. The van der Waals surface area contributed by atoms with Crippen LogP contribution in [-0.2, 0) is 4.79 Å². The summed E-state index contributed by atoms with van der Waals surface area (Å²) in [5, 5.41) is 7.02. The average molecular weight is 373 g/mol. The molecule has 1 aliphatic heterocycles. The van der Waals surface area contributed by atoms with Crippen LogP contribution in [0.25, 0.3) is 11.0 Å². The highest BCUT2D eigenvalue weighted by Crippen LogP contribution is 2.34. The monoisotopic (exact) mass is 372 g/mol. The lowest BCUT2D eigenvalue weighted by Gasteiger charge is -2.17. The van der Waals surface area contributed by atoms with Gasteiger partial charge in [0, 0.05) is 26.6 Å². The number of halogens is 1. The lowest BCUT2D eigenvalue weighted by atomic mass is 10.1. The maximum absolute atomic E-state index is 12.6. The number of nitrogens with one attached hydrogen (secondary N) is 2. The number of furan rings is 1. The lowest BCUT2D eigenvalue weighted by molar-refractivity contribution is -0.113. The Bertz CT molecular complexity index is 1030. The van der Waals surface area contributed by atoms with Crippen LogP contribution >= 0.6 is 23.4 Å². The van der Waals surface area contributed by atoms with Crippen LogP contribution in [0.3, 0.4) is 0 Å². The summed E-state index contributed by atoms with van der Waals surface area (Å²) in [5.74, 6) is 0.248. The van der Waals surface area contributed by atoms with E-state index in [1.807, 2.05) is 13.0 Å². The first kappa shape index (κ1) is 16.1. The summed E-state index contributed by atoms with van der Waals surface area (Å²) < 4.78 is 5.67. The van der Waals surface area contributed by atoms with Crippen molar-refractivity contribution >= 4 is 57.5 Å². The number of rotatable bonds is 2. The minimum absolute atomic E-state index is 0.0500. The molecule has 2 heterocycles. The molecule has 0 saturated heterocycles. The van der Waals surface area contributed by atoms with E-state index in [1.54, 1.807) is 30.3 Å². The number of hydrogen-bond donors (Lipinski definition) is 2. The van der Waals surface area contributed by atoms with Crippen LogP contribution in [0.4, 0.5) is 11.4 Å². The molecule has 7 heteroatoms. The van der Waals surface area contributed by atoms with Crippen LogP contribution in [-0.4, -0.2) is 17.6 Å². The number of anilines is 2. The van der Waals surface area contributed by atoms with Gasteiger partial charge in [0.1, 0.15) is 5.58 Å². The van der Waals surface area contributed by atoms with Crippen LogP contribution in [0.5, 0.6) is 0 Å². The van der Waals surface area contributed by atoms with E-state index >= 15 is 0 Å². The molecule has 5 nitrogen and oxygen atoms in total. The predicted octanol–water partition coefficient (Wildman–Crippen LogP) is 4.69. The van der Waals surface area contributed by atoms with Gasteiger partial charge in [-0.1, -0.05) is 11.6 Å². The number of carbonyl (C=O) groups is 2. The lowest BCUT2D eigenvalue weighted by Crippen LogP contribution is -2.19. The first-order valence-corrected chi connectivity index (χ1v) is 8.94. The van der Waals surface area contributed by atoms with E-state index in [9.17, 15) is 9.59 Å². The highest BCUT2D eigenvalue weighted by molar-refractivity contribution is 8.00. The third-order valence-corrected chi connectivity index (χ3v) is 5.28. The van der Waals surface area contributed by atoms with Crippen LogP contribution < -0.4 is 10.6 Å². The Labute approximate surface area is 152 Å². The highest BCUT2D eigenvalue weighted by atomic mass is 35.5. The second kappa shape index (κ2) is 6.13. The third kappa shape index (κ3) is 2.99. The molecule has 0 saturated carbocycles. The quantitative estimate of drug-likeness (QED) is 0.684. The summed E-state index contributed by atoms with van der Waals surface area (Å²) >= 11 is 7.48. The number of aryl methyl sites for hydroxylation is 1. The standard InChI is InChI=1S/C18H13ClN2O3S/c1-9-12-6-10(19)2-4-14(12)24-17(9)18(23)20-11-3-5-15-13(7-11)21-16(22)8-25-15/h2-7H,8H2,1H3,(H,20,23)(H,21,22). The van der Waals surface area contributed by atoms with Crippen molar-refractivity contribution < 1.29 is 14.0 Å². The topological polar surface area (TPSA) is 71.3 Å². The number of fused-ring (bicyclic) bond motifs is 2. The maximum atomic E-state index is 12.6. The van der Waals surface area contributed by atoms with Crippen LogP contribution in [0.15, 0.2) is 45.7 Å². The molecule has 0 fully saturated rings. The number of benzene rings is 2. The Morgan fingerprint density at radius 1 is 1.28 bits per heavy atom. The fourth-order valence-electron chi connectivity index (χ4n) is 2.76. The second-order valence-corrected chi connectivity index (χ2v) is 7.15. The van der Waals surface area contributed by atoms with E-state index in [2.05, 4.69) is 10.6 Å². The fraction of sp³-hybridized carbons (Fsp3) is 0.111. The van der Waals surface area contributed by atoms with Gasteiger partial charge < -0.3 is 15.1 Å². The Balaban J connectivity index is 1.63. The zero-order chi connectivity index (χ0) is 17.6. The molecule has 0 unspecified atom stereocenters. The molecule has 1 aromatic heterocycles. The Morgan fingerprint density at radius 2 is 2.12 bits per heavy atom. The molecule has 0 bridgehead atoms. The minimum atomic E-state index is -0.348. The van der Waals surface area contributed by atoms with Gasteiger partial charge in [0.2, 0.25) is 5.91 Å². The first-order chi connectivity index (χ1) is 12.0. The molecule has 0 spiro atoms. The third-order valence-electron chi connectivity index (χ3n) is 3.97. The van der Waals surface area contributed by atoms with Crippen molar-refractivity contribution in [2.45, 2.75) is 11.8 Å². The molecule has 4 rings (SSSR count). The van der Waals surface area contributed by atoms with Crippen molar-refractivity contribution in [2.75, 3.05) is 16.4 Å². The number of carbonyl (C=O) groups excluding carboxylic acids is 2. The number of hydrogen-bond acceptors (Lipinski definition) is 4. The van der Waals surface area contributed by atoms with E-state index in [-0.39, 0.29) is 17.6 Å². The van der Waals surface area contributed by atoms with Crippen molar-refractivity contribution in [1.29, 1.82) is 0 Å². The van der Waals surface area contributed by atoms with Crippen molar-refractivity contribution in [3.63, 3.8) is 0 Å². The molecule has 2 aromatic carbocycles. The van der Waals surface area contributed by atoms with Crippen molar-refractivity contribution in [2.24, 2.45) is 0 Å². The fourth-order valence-corrected chi connectivity index (χ4v) is 3.72. The van der Waals surface area contributed by atoms with Gasteiger partial charge >= 0.3 is 0 Å². The van der Waals surface area contributed by atoms with Crippen molar-refractivity contribution in [1.82, 2.24) is 0 Å². The van der Waals surface area contributed by atoms with Crippen LogP contribution in [0, 0.1) is 6.92 Å². The molecule has 1 aliphatic rings. The van der Waals surface area contributed by atoms with E-state index < -0.39 is 0 Å². The largest absolute Gasteiger partial charge is 0.451 e. The zero-order valence-electron chi connectivity index (χ0n) is 13.2. The molecule has 2 amide bonds. The summed E-state index contributed by atoms with van der Waals surface area (Å²) in [4.78, 5) is 25.1. The summed E-state index contributed by atoms with van der Waals surface area (Å²) in [7, 11) is 0. The number of thioether (sulfide) groups is 1. The summed E-state index contributed by atoms with van der Waals surface area (Å²) in [6, 6.07) is 10.7. The van der Waals surface area contributed by atoms with E-state index in [1.165, 1.54) is 11.8 Å². The SMILES string of the molecule is Cc1c(C(=O)Nc2ccc3c(c2)NC(=O)CS3)oc2ccc(Cl)cc12. The van der Waals surface area contributed by atoms with Gasteiger partial charge in [-0.05, 0) is 43.3 Å². The van der Waals surface area contributed by atoms with Crippen molar-refractivity contribution in [3.8, 4) is 0 Å². The van der Waals surface area contributed by atoms with Gasteiger partial charge in [0.15, 0.2) is 5.76 Å². The summed E-state index contributed by atoms with van der Waals surface area (Å²) in [6.07, 6.45) is 0. The van der Waals surface area contributed by atoms with Gasteiger partial charge in [-0.3, -0.25) is 9.59 Å². The molecular formula is C18H13ClN2O3S. The molecular weight excluding hydrogens is 360 g/mol. The zero-order valence-corrected chi connectivity index (χ0v) is 14.8. The molecule has 0 atom stereocenters. The number of amides is 2. The normalized spacial score (nSPS) is 13.4. The van der Waals surface area contributed by atoms with Gasteiger partial charge in [0.05, 0.1) is 11.4 Å². The maximum Gasteiger partial charge on any atom is 0.291 e. The summed E-state index contributed by atoms with van der Waals surface area (Å²) in [6.45, 7) is 1.82. The van der Waals surface area contributed by atoms with E-state index in [4.69, 9.17) is 16.0 Å². The minimum Gasteiger partial charge on any atom is -0.451 e. The smallest absolute Gasteiger partial charge is 0.291 e. The summed E-state index contributed by atoms with van der Waals surface area (Å²) in [5.41, 5.74) is 2.63. The van der Waals surface area contributed by atoms with Gasteiger partial charge in [-0.2, -0.15) is 0 Å². The van der Waals surface area contributed by atoms with Crippen LogP contribution in [0.2, 0.25) is 5.02 Å². The molecule has 0 aliphatic carbocycles. The molecule has 25 heavy (non-hydrogen) atoms. The molecule has 3 aromatic rings. The van der Waals surface area contributed by atoms with E-state index in [0.717, 1.165) is 15.8 Å². The Hall–Kier alpha value is -2.44. The first-order valence-electron chi connectivity index (χ1n) is 7.58. The van der Waals surface area contributed by atoms with Gasteiger partial charge in [-0.15, -0.1) is 11.8 Å². The van der Waals surface area contributed by atoms with Crippen LogP contribution in [0.1, 0.15) is 16.1 Å². The van der Waals surface area contributed by atoms with Gasteiger partial charge in [-0.25, -0.2) is 0 Å². The predicted molar refractivity (Wildman–Crippen MR) is 99.7 cm³/mol. The Kier molecular flexibility index (Phi) is 3.94. The average Bonchev–Trinajstić information content (AvgIpc) is 2.91. The van der Waals surface area contributed by atoms with E-state index in [0.29, 0.717) is 27.7 Å². The second-order valence-electron chi connectivity index (χ2n) is 5.70.